The molecule has 1 rings (SSSR count). The second-order valence-corrected chi connectivity index (χ2v) is 3.11. The second-order valence-electron chi connectivity index (χ2n) is 3.11. The molecule has 1 aromatic rings. The Morgan fingerprint density at radius 2 is 2.20 bits per heavy atom. The van der Waals surface area contributed by atoms with Crippen molar-refractivity contribution in [2.45, 2.75) is 13.3 Å². The molecule has 0 heterocycles. The molecule has 78 valence electrons. The highest BCUT2D eigenvalue weighted by Gasteiger charge is 2.03. The molecule has 0 aliphatic rings. The Kier molecular flexibility index (Phi) is 3.90. The van der Waals surface area contributed by atoms with Crippen LogP contribution in [0.3, 0.4) is 0 Å². The average Bonchev–Trinajstić information content (AvgIpc) is 2.20. The maximum Gasteiger partial charge on any atom is 0.335 e. The van der Waals surface area contributed by atoms with E-state index >= 15 is 0 Å². The molecular formula is C12H12O3. The molecule has 15 heavy (non-hydrogen) atoms. The summed E-state index contributed by atoms with van der Waals surface area (Å²) in [6.07, 6.45) is 0.400. The Morgan fingerprint density at radius 1 is 1.47 bits per heavy atom. The Balaban J connectivity index is 3.02. The molecule has 0 radical (unpaired) electrons. The van der Waals surface area contributed by atoms with E-state index in [0.717, 1.165) is 5.56 Å². The molecule has 0 aliphatic heterocycles. The third-order valence-electron chi connectivity index (χ3n) is 1.94. The maximum absolute atomic E-state index is 10.7. The largest absolute Gasteiger partial charge is 0.478 e. The van der Waals surface area contributed by atoms with E-state index < -0.39 is 5.97 Å². The minimum atomic E-state index is -0.958. The van der Waals surface area contributed by atoms with Crippen LogP contribution in [-0.4, -0.2) is 22.8 Å². The molecule has 2 N–H and O–H groups in total. The molecule has 0 spiro atoms. The molecule has 3 heteroatoms. The van der Waals surface area contributed by atoms with Gasteiger partial charge in [0.05, 0.1) is 12.2 Å². The van der Waals surface area contributed by atoms with E-state index in [1.165, 1.54) is 0 Å². The highest BCUT2D eigenvalue weighted by atomic mass is 16.4. The smallest absolute Gasteiger partial charge is 0.335 e. The standard InChI is InChI=1S/C12H12O3/c1-9-5-6-11(12(14)15)8-10(9)4-2-3-7-13/h5-6,8,13H,3,7H2,1H3,(H,14,15). The van der Waals surface area contributed by atoms with E-state index in [9.17, 15) is 4.79 Å². The summed E-state index contributed by atoms with van der Waals surface area (Å²) >= 11 is 0. The van der Waals surface area contributed by atoms with E-state index in [1.54, 1.807) is 18.2 Å². The number of hydrogen-bond donors (Lipinski definition) is 2. The van der Waals surface area contributed by atoms with E-state index in [4.69, 9.17) is 10.2 Å². The SMILES string of the molecule is Cc1ccc(C(=O)O)cc1C#CCCO. The van der Waals surface area contributed by atoms with Gasteiger partial charge >= 0.3 is 5.97 Å². The number of aliphatic hydroxyl groups is 1. The van der Waals surface area contributed by atoms with Crippen LogP contribution >= 0.6 is 0 Å². The van der Waals surface area contributed by atoms with Gasteiger partial charge in [-0.2, -0.15) is 0 Å². The number of carbonyl (C=O) groups is 1. The minimum Gasteiger partial charge on any atom is -0.478 e. The number of carboxylic acids is 1. The highest BCUT2D eigenvalue weighted by Crippen LogP contribution is 2.10. The molecule has 0 aromatic heterocycles. The molecule has 0 unspecified atom stereocenters. The zero-order valence-electron chi connectivity index (χ0n) is 8.45. The summed E-state index contributed by atoms with van der Waals surface area (Å²) in [5.41, 5.74) is 1.86. The van der Waals surface area contributed by atoms with Gasteiger partial charge < -0.3 is 10.2 Å². The molecule has 0 atom stereocenters. The third-order valence-corrected chi connectivity index (χ3v) is 1.94. The van der Waals surface area contributed by atoms with Gasteiger partial charge in [0.15, 0.2) is 0 Å². The predicted molar refractivity (Wildman–Crippen MR) is 56.7 cm³/mol. The molecule has 0 fully saturated rings. The van der Waals surface area contributed by atoms with Gasteiger partial charge in [-0.15, -0.1) is 0 Å². The first-order valence-corrected chi connectivity index (χ1v) is 4.59. The summed E-state index contributed by atoms with van der Waals surface area (Å²) in [7, 11) is 0. The number of aryl methyl sites for hydroxylation is 1. The van der Waals surface area contributed by atoms with E-state index in [0.29, 0.717) is 12.0 Å². The van der Waals surface area contributed by atoms with Gasteiger partial charge in [-0.05, 0) is 24.6 Å². The summed E-state index contributed by atoms with van der Waals surface area (Å²) in [6, 6.07) is 4.82. The van der Waals surface area contributed by atoms with Crippen LogP contribution in [-0.2, 0) is 0 Å². The van der Waals surface area contributed by atoms with Crippen molar-refractivity contribution in [3.63, 3.8) is 0 Å². The predicted octanol–water partition coefficient (Wildman–Crippen LogP) is 1.43. The molecule has 0 bridgehead atoms. The van der Waals surface area contributed by atoms with E-state index in [1.807, 2.05) is 6.92 Å². The number of hydrogen-bond acceptors (Lipinski definition) is 2. The first-order valence-electron chi connectivity index (χ1n) is 4.59. The Hall–Kier alpha value is -1.79. The number of benzene rings is 1. The summed E-state index contributed by atoms with van der Waals surface area (Å²) in [5.74, 6) is 4.64. The summed E-state index contributed by atoms with van der Waals surface area (Å²) in [6.45, 7) is 1.89. The molecule has 0 saturated carbocycles. The molecule has 1 aromatic carbocycles. The van der Waals surface area contributed by atoms with Gasteiger partial charge in [-0.25, -0.2) is 4.79 Å². The topological polar surface area (TPSA) is 57.5 Å². The van der Waals surface area contributed by atoms with Gasteiger partial charge in [0.25, 0.3) is 0 Å². The number of aliphatic hydroxyl groups excluding tert-OH is 1. The fourth-order valence-corrected chi connectivity index (χ4v) is 1.10. The van der Waals surface area contributed by atoms with Crippen LogP contribution in [0.4, 0.5) is 0 Å². The lowest BCUT2D eigenvalue weighted by atomic mass is 10.1. The van der Waals surface area contributed by atoms with Crippen molar-refractivity contribution < 1.29 is 15.0 Å². The summed E-state index contributed by atoms with van der Waals surface area (Å²) in [5, 5.41) is 17.3. The van der Waals surface area contributed by atoms with Crippen molar-refractivity contribution in [1.29, 1.82) is 0 Å². The van der Waals surface area contributed by atoms with Crippen LogP contribution in [0.2, 0.25) is 0 Å². The van der Waals surface area contributed by atoms with Crippen LogP contribution < -0.4 is 0 Å². The van der Waals surface area contributed by atoms with E-state index in [-0.39, 0.29) is 12.2 Å². The minimum absolute atomic E-state index is 0.0185. The van der Waals surface area contributed by atoms with Gasteiger partial charge in [0, 0.05) is 12.0 Å². The fourth-order valence-electron chi connectivity index (χ4n) is 1.10. The molecule has 0 aliphatic carbocycles. The van der Waals surface area contributed by atoms with E-state index in [2.05, 4.69) is 11.8 Å². The van der Waals surface area contributed by atoms with Crippen molar-refractivity contribution in [2.24, 2.45) is 0 Å². The number of rotatable bonds is 2. The van der Waals surface area contributed by atoms with Crippen LogP contribution in [0.25, 0.3) is 0 Å². The zero-order valence-corrected chi connectivity index (χ0v) is 8.45. The van der Waals surface area contributed by atoms with Crippen LogP contribution in [0.15, 0.2) is 18.2 Å². The van der Waals surface area contributed by atoms with Crippen molar-refractivity contribution in [2.75, 3.05) is 6.61 Å². The van der Waals surface area contributed by atoms with Crippen molar-refractivity contribution in [1.82, 2.24) is 0 Å². The van der Waals surface area contributed by atoms with Gasteiger partial charge in [0.2, 0.25) is 0 Å². The van der Waals surface area contributed by atoms with Crippen LogP contribution in [0.5, 0.6) is 0 Å². The summed E-state index contributed by atoms with van der Waals surface area (Å²) in [4.78, 5) is 10.7. The lowest BCUT2D eigenvalue weighted by Crippen LogP contribution is -1.97. The Labute approximate surface area is 88.4 Å². The molecule has 0 amide bonds. The van der Waals surface area contributed by atoms with Gasteiger partial charge in [0.1, 0.15) is 0 Å². The Morgan fingerprint density at radius 3 is 2.80 bits per heavy atom. The van der Waals surface area contributed by atoms with Crippen LogP contribution in [0, 0.1) is 18.8 Å². The van der Waals surface area contributed by atoms with Crippen molar-refractivity contribution >= 4 is 5.97 Å². The molecular weight excluding hydrogens is 192 g/mol. The lowest BCUT2D eigenvalue weighted by Gasteiger charge is -1.99. The highest BCUT2D eigenvalue weighted by molar-refractivity contribution is 5.88. The van der Waals surface area contributed by atoms with Gasteiger partial charge in [-0.3, -0.25) is 0 Å². The van der Waals surface area contributed by atoms with Crippen molar-refractivity contribution in [3.8, 4) is 11.8 Å². The lowest BCUT2D eigenvalue weighted by molar-refractivity contribution is 0.0697. The number of aromatic carboxylic acids is 1. The zero-order chi connectivity index (χ0) is 11.3. The molecule has 0 saturated heterocycles. The number of carboxylic acid groups (broad SMARTS) is 1. The first-order chi connectivity index (χ1) is 7.15. The average molecular weight is 204 g/mol. The quantitative estimate of drug-likeness (QED) is 0.716. The molecule has 3 nitrogen and oxygen atoms in total. The normalized spacial score (nSPS) is 9.20. The maximum atomic E-state index is 10.7. The second kappa shape index (κ2) is 5.18. The van der Waals surface area contributed by atoms with Crippen LogP contribution in [0.1, 0.15) is 27.9 Å². The monoisotopic (exact) mass is 204 g/mol. The van der Waals surface area contributed by atoms with Gasteiger partial charge in [-0.1, -0.05) is 17.9 Å². The fraction of sp³-hybridized carbons (Fsp3) is 0.250. The van der Waals surface area contributed by atoms with Crippen molar-refractivity contribution in [3.05, 3.63) is 34.9 Å². The third kappa shape index (κ3) is 3.12. The first kappa shape index (κ1) is 11.3. The Bertz CT molecular complexity index is 424. The summed E-state index contributed by atoms with van der Waals surface area (Å²) < 4.78 is 0.